The molecule has 2 aliphatic rings. The third-order valence-electron chi connectivity index (χ3n) is 5.65. The molecule has 2 aromatic heterocycles. The van der Waals surface area contributed by atoms with E-state index in [-0.39, 0.29) is 18.4 Å². The number of aromatic nitrogens is 4. The minimum atomic E-state index is -0.0746. The van der Waals surface area contributed by atoms with Crippen LogP contribution in [-0.4, -0.2) is 50.5 Å². The Morgan fingerprint density at radius 3 is 2.80 bits per heavy atom. The summed E-state index contributed by atoms with van der Waals surface area (Å²) in [4.78, 5) is 19.0. The van der Waals surface area contributed by atoms with Crippen LogP contribution in [0.3, 0.4) is 0 Å². The number of carbonyl (C=O) groups is 1. The highest BCUT2D eigenvalue weighted by Gasteiger charge is 2.33. The van der Waals surface area contributed by atoms with E-state index in [4.69, 9.17) is 14.0 Å². The average Bonchev–Trinajstić information content (AvgIpc) is 3.50. The molecule has 1 fully saturated rings. The van der Waals surface area contributed by atoms with Crippen molar-refractivity contribution in [3.63, 3.8) is 0 Å². The number of fused-ring (bicyclic) bond motifs is 1. The van der Waals surface area contributed by atoms with Crippen molar-refractivity contribution in [1.29, 1.82) is 0 Å². The third kappa shape index (κ3) is 3.56. The lowest BCUT2D eigenvalue weighted by atomic mass is 10.00. The number of para-hydroxylation sites is 1. The molecule has 0 N–H and O–H groups in total. The van der Waals surface area contributed by atoms with Gasteiger partial charge in [-0.3, -0.25) is 9.48 Å². The van der Waals surface area contributed by atoms with Gasteiger partial charge in [-0.1, -0.05) is 23.4 Å². The van der Waals surface area contributed by atoms with E-state index in [1.807, 2.05) is 37.4 Å². The second-order valence-corrected chi connectivity index (χ2v) is 7.59. The van der Waals surface area contributed by atoms with Crippen LogP contribution in [0.25, 0.3) is 11.6 Å². The summed E-state index contributed by atoms with van der Waals surface area (Å²) in [7, 11) is 1.87. The zero-order valence-electron chi connectivity index (χ0n) is 16.8. The van der Waals surface area contributed by atoms with E-state index in [0.717, 1.165) is 37.3 Å². The smallest absolute Gasteiger partial charge is 0.278 e. The lowest BCUT2D eigenvalue weighted by molar-refractivity contribution is -0.134. The summed E-state index contributed by atoms with van der Waals surface area (Å²) in [5.74, 6) is 1.96. The second-order valence-electron chi connectivity index (χ2n) is 7.59. The molecule has 0 spiro atoms. The Morgan fingerprint density at radius 2 is 2.00 bits per heavy atom. The molecule has 2 aliphatic heterocycles. The average molecular weight is 409 g/mol. The van der Waals surface area contributed by atoms with Crippen molar-refractivity contribution in [2.75, 3.05) is 19.8 Å². The predicted octanol–water partition coefficient (Wildman–Crippen LogP) is 2.29. The van der Waals surface area contributed by atoms with Crippen LogP contribution in [0.1, 0.15) is 35.8 Å². The lowest BCUT2D eigenvalue weighted by Crippen LogP contribution is -2.31. The fourth-order valence-electron chi connectivity index (χ4n) is 3.95. The number of aryl methyl sites for hydroxylation is 1. The van der Waals surface area contributed by atoms with Crippen LogP contribution in [0.15, 0.2) is 34.9 Å². The summed E-state index contributed by atoms with van der Waals surface area (Å²) in [6.45, 7) is 2.36. The Kier molecular flexibility index (Phi) is 4.96. The molecule has 5 rings (SSSR count). The largest absolute Gasteiger partial charge is 0.484 e. The van der Waals surface area contributed by atoms with Gasteiger partial charge in [0.05, 0.1) is 18.8 Å². The van der Waals surface area contributed by atoms with E-state index < -0.39 is 0 Å². The van der Waals surface area contributed by atoms with Crippen molar-refractivity contribution in [2.45, 2.75) is 31.8 Å². The minimum Gasteiger partial charge on any atom is -0.484 e. The summed E-state index contributed by atoms with van der Waals surface area (Å²) in [5.41, 5.74) is 2.58. The number of hydrogen-bond donors (Lipinski definition) is 0. The summed E-state index contributed by atoms with van der Waals surface area (Å²) >= 11 is 0. The van der Waals surface area contributed by atoms with Gasteiger partial charge in [-0.2, -0.15) is 10.1 Å². The fraction of sp³-hybridized carbons (Fsp3) is 0.429. The number of rotatable bonds is 5. The van der Waals surface area contributed by atoms with E-state index in [1.165, 1.54) is 0 Å². The SMILES string of the molecule is Cn1nc(-c2nc(C3CCOCC3)no2)c2c1CN(C(=O)COc1ccccc1)C2. The van der Waals surface area contributed by atoms with Crippen molar-refractivity contribution < 1.29 is 18.8 Å². The predicted molar refractivity (Wildman–Crippen MR) is 105 cm³/mol. The highest BCUT2D eigenvalue weighted by Crippen LogP contribution is 2.33. The maximum Gasteiger partial charge on any atom is 0.278 e. The lowest BCUT2D eigenvalue weighted by Gasteiger charge is -2.18. The molecular weight excluding hydrogens is 386 g/mol. The van der Waals surface area contributed by atoms with Crippen LogP contribution in [0.4, 0.5) is 0 Å². The Labute approximate surface area is 173 Å². The highest BCUT2D eigenvalue weighted by atomic mass is 16.5. The van der Waals surface area contributed by atoms with Gasteiger partial charge in [0.15, 0.2) is 18.1 Å². The standard InChI is InChI=1S/C21H23N5O4/c1-25-17-12-26(18(27)13-29-15-5-3-2-4-6-15)11-16(17)19(23-25)21-22-20(24-30-21)14-7-9-28-10-8-14/h2-6,14H,7-13H2,1H3. The van der Waals surface area contributed by atoms with Gasteiger partial charge in [0, 0.05) is 31.7 Å². The van der Waals surface area contributed by atoms with Crippen molar-refractivity contribution in [1.82, 2.24) is 24.8 Å². The topological polar surface area (TPSA) is 95.5 Å². The van der Waals surface area contributed by atoms with E-state index in [1.54, 1.807) is 9.58 Å². The molecule has 9 heteroatoms. The number of benzene rings is 1. The van der Waals surface area contributed by atoms with Crippen molar-refractivity contribution in [2.24, 2.45) is 7.05 Å². The van der Waals surface area contributed by atoms with Crippen LogP contribution in [0, 0.1) is 0 Å². The molecule has 0 atom stereocenters. The number of carbonyl (C=O) groups excluding carboxylic acids is 1. The number of ether oxygens (including phenoxy) is 2. The van der Waals surface area contributed by atoms with Crippen molar-refractivity contribution in [3.8, 4) is 17.3 Å². The summed E-state index contributed by atoms with van der Waals surface area (Å²) in [6.07, 6.45) is 1.78. The first-order valence-electron chi connectivity index (χ1n) is 10.1. The molecule has 0 aliphatic carbocycles. The Bertz CT molecular complexity index is 1040. The van der Waals surface area contributed by atoms with Gasteiger partial charge in [0.1, 0.15) is 5.75 Å². The third-order valence-corrected chi connectivity index (χ3v) is 5.65. The first-order valence-corrected chi connectivity index (χ1v) is 10.1. The fourth-order valence-corrected chi connectivity index (χ4v) is 3.95. The zero-order chi connectivity index (χ0) is 20.5. The highest BCUT2D eigenvalue weighted by molar-refractivity contribution is 5.79. The van der Waals surface area contributed by atoms with Crippen LogP contribution in [0.5, 0.6) is 5.75 Å². The van der Waals surface area contributed by atoms with Gasteiger partial charge in [-0.25, -0.2) is 0 Å². The number of amides is 1. The minimum absolute atomic E-state index is 0.00474. The quantitative estimate of drug-likeness (QED) is 0.638. The number of hydrogen-bond acceptors (Lipinski definition) is 7. The molecule has 9 nitrogen and oxygen atoms in total. The van der Waals surface area contributed by atoms with E-state index in [9.17, 15) is 4.79 Å². The van der Waals surface area contributed by atoms with Crippen molar-refractivity contribution in [3.05, 3.63) is 47.4 Å². The second kappa shape index (κ2) is 7.91. The van der Waals surface area contributed by atoms with E-state index in [0.29, 0.717) is 36.2 Å². The summed E-state index contributed by atoms with van der Waals surface area (Å²) < 4.78 is 18.3. The van der Waals surface area contributed by atoms with Gasteiger partial charge in [0.2, 0.25) is 0 Å². The number of nitrogens with zero attached hydrogens (tertiary/aromatic N) is 5. The first kappa shape index (κ1) is 18.8. The molecule has 0 bridgehead atoms. The van der Waals surface area contributed by atoms with E-state index in [2.05, 4.69) is 15.2 Å². The summed E-state index contributed by atoms with van der Waals surface area (Å²) in [5, 5.41) is 8.75. The molecule has 1 aromatic carbocycles. The monoisotopic (exact) mass is 409 g/mol. The maximum atomic E-state index is 12.7. The molecule has 3 aromatic rings. The first-order chi connectivity index (χ1) is 14.7. The Hall–Kier alpha value is -3.20. The normalized spacial score (nSPS) is 16.6. The molecule has 156 valence electrons. The van der Waals surface area contributed by atoms with Crippen LogP contribution in [0.2, 0.25) is 0 Å². The molecule has 30 heavy (non-hydrogen) atoms. The van der Waals surface area contributed by atoms with Gasteiger partial charge < -0.3 is 18.9 Å². The molecular formula is C21H23N5O4. The van der Waals surface area contributed by atoms with Gasteiger partial charge >= 0.3 is 0 Å². The summed E-state index contributed by atoms with van der Waals surface area (Å²) in [6, 6.07) is 9.33. The van der Waals surface area contributed by atoms with E-state index >= 15 is 0 Å². The molecule has 1 amide bonds. The maximum absolute atomic E-state index is 12.7. The van der Waals surface area contributed by atoms with Crippen molar-refractivity contribution >= 4 is 5.91 Å². The van der Waals surface area contributed by atoms with Gasteiger partial charge in [-0.05, 0) is 25.0 Å². The molecule has 4 heterocycles. The molecule has 0 saturated carbocycles. The van der Waals surface area contributed by atoms with Gasteiger partial charge in [-0.15, -0.1) is 0 Å². The molecule has 0 unspecified atom stereocenters. The molecule has 0 radical (unpaired) electrons. The Morgan fingerprint density at radius 1 is 1.20 bits per heavy atom. The Balaban J connectivity index is 1.29. The molecule has 1 saturated heterocycles. The van der Waals surface area contributed by atoms with Crippen LogP contribution >= 0.6 is 0 Å². The zero-order valence-corrected chi connectivity index (χ0v) is 16.8. The van der Waals surface area contributed by atoms with Crippen LogP contribution < -0.4 is 4.74 Å². The van der Waals surface area contributed by atoms with Gasteiger partial charge in [0.25, 0.3) is 11.8 Å². The van der Waals surface area contributed by atoms with Crippen LogP contribution in [-0.2, 0) is 29.7 Å².